The summed E-state index contributed by atoms with van der Waals surface area (Å²) >= 11 is 0. The van der Waals surface area contributed by atoms with Crippen LogP contribution in [0.4, 0.5) is 0 Å². The van der Waals surface area contributed by atoms with Crippen molar-refractivity contribution in [1.29, 1.82) is 0 Å². The fourth-order valence-corrected chi connectivity index (χ4v) is 3.60. The van der Waals surface area contributed by atoms with Crippen LogP contribution in [0.15, 0.2) is 0 Å². The molecule has 2 N–H and O–H groups in total. The molecule has 0 spiro atoms. The second kappa shape index (κ2) is 5.25. The lowest BCUT2D eigenvalue weighted by atomic mass is 9.85. The molecule has 3 nitrogen and oxygen atoms in total. The highest BCUT2D eigenvalue weighted by Crippen LogP contribution is 2.29. The fourth-order valence-electron chi connectivity index (χ4n) is 3.60. The molecule has 2 aliphatic heterocycles. The molecule has 0 bridgehead atoms. The third-order valence-corrected chi connectivity index (χ3v) is 5.08. The van der Waals surface area contributed by atoms with Gasteiger partial charge in [0.25, 0.3) is 0 Å². The molecule has 1 saturated carbocycles. The summed E-state index contributed by atoms with van der Waals surface area (Å²) in [6.45, 7) is 6.52. The average Bonchev–Trinajstić information content (AvgIpc) is 2.73. The molecule has 3 rings (SSSR count). The van der Waals surface area contributed by atoms with Crippen LogP contribution in [0.3, 0.4) is 0 Å². The number of nitrogens with zero attached hydrogens (tertiary/aromatic N) is 2. The van der Waals surface area contributed by atoms with Gasteiger partial charge in [-0.05, 0) is 57.7 Å². The first kappa shape index (κ1) is 11.9. The number of piperidine rings is 1. The van der Waals surface area contributed by atoms with Gasteiger partial charge in [0.1, 0.15) is 0 Å². The summed E-state index contributed by atoms with van der Waals surface area (Å²) in [5.74, 6) is 1.03. The summed E-state index contributed by atoms with van der Waals surface area (Å²) in [5.41, 5.74) is 5.98. The van der Waals surface area contributed by atoms with Crippen LogP contribution in [0.1, 0.15) is 38.5 Å². The maximum atomic E-state index is 5.98. The van der Waals surface area contributed by atoms with E-state index in [1.165, 1.54) is 71.2 Å². The average molecular weight is 237 g/mol. The highest BCUT2D eigenvalue weighted by molar-refractivity contribution is 4.88. The fraction of sp³-hybridized carbons (Fsp3) is 1.00. The lowest BCUT2D eigenvalue weighted by Crippen LogP contribution is -2.46. The van der Waals surface area contributed by atoms with Crippen LogP contribution in [0.5, 0.6) is 0 Å². The SMILES string of the molecule is NC1CCN(C2CCN(CC3CCC3)C2)CC1. The number of rotatable bonds is 3. The molecule has 0 aromatic carbocycles. The zero-order valence-electron chi connectivity index (χ0n) is 11.0. The maximum Gasteiger partial charge on any atom is 0.0235 e. The van der Waals surface area contributed by atoms with E-state index in [4.69, 9.17) is 5.73 Å². The van der Waals surface area contributed by atoms with Gasteiger partial charge in [0.15, 0.2) is 0 Å². The quantitative estimate of drug-likeness (QED) is 0.803. The summed E-state index contributed by atoms with van der Waals surface area (Å²) in [6.07, 6.45) is 8.26. The largest absolute Gasteiger partial charge is 0.328 e. The molecule has 0 aromatic rings. The molecule has 2 saturated heterocycles. The standard InChI is InChI=1S/C14H27N3/c15-13-4-8-17(9-5-13)14-6-7-16(11-14)10-12-2-1-3-12/h12-14H,1-11,15H2. The molecule has 0 radical (unpaired) electrons. The first-order chi connectivity index (χ1) is 8.31. The molecule has 0 amide bonds. The molecule has 3 heteroatoms. The molecule has 1 atom stereocenters. The molecule has 0 aromatic heterocycles. The molecule has 3 aliphatic rings. The predicted octanol–water partition coefficient (Wildman–Crippen LogP) is 1.28. The zero-order valence-corrected chi connectivity index (χ0v) is 11.0. The van der Waals surface area contributed by atoms with Crippen LogP contribution in [0.25, 0.3) is 0 Å². The third-order valence-electron chi connectivity index (χ3n) is 5.08. The summed E-state index contributed by atoms with van der Waals surface area (Å²) in [7, 11) is 0. The summed E-state index contributed by atoms with van der Waals surface area (Å²) < 4.78 is 0. The van der Waals surface area contributed by atoms with Gasteiger partial charge >= 0.3 is 0 Å². The summed E-state index contributed by atoms with van der Waals surface area (Å²) in [6, 6.07) is 1.31. The van der Waals surface area contributed by atoms with Gasteiger partial charge < -0.3 is 10.6 Å². The number of hydrogen-bond donors (Lipinski definition) is 1. The van der Waals surface area contributed by atoms with Crippen molar-refractivity contribution in [2.45, 2.75) is 50.6 Å². The predicted molar refractivity (Wildman–Crippen MR) is 71.0 cm³/mol. The minimum absolute atomic E-state index is 0.471. The lowest BCUT2D eigenvalue weighted by molar-refractivity contribution is 0.143. The van der Waals surface area contributed by atoms with Crippen LogP contribution in [0.2, 0.25) is 0 Å². The van der Waals surface area contributed by atoms with Crippen molar-refractivity contribution in [2.75, 3.05) is 32.7 Å². The maximum absolute atomic E-state index is 5.98. The lowest BCUT2D eigenvalue weighted by Gasteiger charge is -2.35. The van der Waals surface area contributed by atoms with Crippen molar-refractivity contribution in [1.82, 2.24) is 9.80 Å². The Balaban J connectivity index is 1.43. The Labute approximate surface area is 105 Å². The Morgan fingerprint density at radius 2 is 1.71 bits per heavy atom. The van der Waals surface area contributed by atoms with E-state index in [2.05, 4.69) is 9.80 Å². The van der Waals surface area contributed by atoms with Gasteiger partial charge in [-0.15, -0.1) is 0 Å². The van der Waals surface area contributed by atoms with Crippen molar-refractivity contribution in [3.8, 4) is 0 Å². The van der Waals surface area contributed by atoms with Crippen molar-refractivity contribution in [2.24, 2.45) is 11.7 Å². The molecule has 2 heterocycles. The van der Waals surface area contributed by atoms with Crippen LogP contribution in [0, 0.1) is 5.92 Å². The van der Waals surface area contributed by atoms with Crippen LogP contribution >= 0.6 is 0 Å². The van der Waals surface area contributed by atoms with E-state index < -0.39 is 0 Å². The topological polar surface area (TPSA) is 32.5 Å². The van der Waals surface area contributed by atoms with Gasteiger partial charge in [-0.2, -0.15) is 0 Å². The van der Waals surface area contributed by atoms with E-state index in [1.807, 2.05) is 0 Å². The smallest absolute Gasteiger partial charge is 0.0235 e. The summed E-state index contributed by atoms with van der Waals surface area (Å²) in [5, 5.41) is 0. The second-order valence-electron chi connectivity index (χ2n) is 6.37. The monoisotopic (exact) mass is 237 g/mol. The molecule has 1 aliphatic carbocycles. The van der Waals surface area contributed by atoms with Gasteiger partial charge in [0, 0.05) is 25.2 Å². The van der Waals surface area contributed by atoms with Crippen molar-refractivity contribution >= 4 is 0 Å². The van der Waals surface area contributed by atoms with Gasteiger partial charge in [-0.25, -0.2) is 0 Å². The highest BCUT2D eigenvalue weighted by atomic mass is 15.3. The number of hydrogen-bond acceptors (Lipinski definition) is 3. The van der Waals surface area contributed by atoms with Crippen LogP contribution < -0.4 is 5.73 Å². The number of nitrogens with two attached hydrogens (primary N) is 1. The Morgan fingerprint density at radius 1 is 0.941 bits per heavy atom. The van der Waals surface area contributed by atoms with E-state index in [-0.39, 0.29) is 0 Å². The first-order valence-corrected chi connectivity index (χ1v) is 7.53. The normalized spacial score (nSPS) is 34.1. The van der Waals surface area contributed by atoms with Gasteiger partial charge in [-0.1, -0.05) is 6.42 Å². The molecular formula is C14H27N3. The highest BCUT2D eigenvalue weighted by Gasteiger charge is 2.31. The molecule has 17 heavy (non-hydrogen) atoms. The summed E-state index contributed by atoms with van der Waals surface area (Å²) in [4.78, 5) is 5.41. The van der Waals surface area contributed by atoms with Gasteiger partial charge in [0.05, 0.1) is 0 Å². The first-order valence-electron chi connectivity index (χ1n) is 7.53. The van der Waals surface area contributed by atoms with E-state index >= 15 is 0 Å². The minimum atomic E-state index is 0.471. The van der Waals surface area contributed by atoms with Crippen LogP contribution in [-0.2, 0) is 0 Å². The van der Waals surface area contributed by atoms with E-state index in [9.17, 15) is 0 Å². The molecular weight excluding hydrogens is 210 g/mol. The molecule has 3 fully saturated rings. The Hall–Kier alpha value is -0.120. The number of likely N-dealkylation sites (tertiary alicyclic amines) is 2. The Bertz CT molecular complexity index is 244. The third kappa shape index (κ3) is 2.83. The Kier molecular flexibility index (Phi) is 3.69. The van der Waals surface area contributed by atoms with E-state index in [0.717, 1.165) is 12.0 Å². The van der Waals surface area contributed by atoms with Crippen molar-refractivity contribution in [3.05, 3.63) is 0 Å². The van der Waals surface area contributed by atoms with Gasteiger partial charge in [-0.3, -0.25) is 4.90 Å². The second-order valence-corrected chi connectivity index (χ2v) is 6.37. The Morgan fingerprint density at radius 3 is 2.35 bits per heavy atom. The zero-order chi connectivity index (χ0) is 11.7. The van der Waals surface area contributed by atoms with E-state index in [1.54, 1.807) is 0 Å². The van der Waals surface area contributed by atoms with Crippen molar-refractivity contribution in [3.63, 3.8) is 0 Å². The minimum Gasteiger partial charge on any atom is -0.328 e. The van der Waals surface area contributed by atoms with Crippen molar-refractivity contribution < 1.29 is 0 Å². The van der Waals surface area contributed by atoms with E-state index in [0.29, 0.717) is 6.04 Å². The molecule has 1 unspecified atom stereocenters. The molecule has 98 valence electrons. The van der Waals surface area contributed by atoms with Crippen LogP contribution in [-0.4, -0.2) is 54.6 Å². The van der Waals surface area contributed by atoms with Gasteiger partial charge in [0.2, 0.25) is 0 Å².